The molecule has 5 heteroatoms. The summed E-state index contributed by atoms with van der Waals surface area (Å²) in [5.74, 6) is 0.0584. The molecule has 0 spiro atoms. The largest absolute Gasteiger partial charge is 0.337 e. The number of nitrogens with zero attached hydrogens (tertiary/aromatic N) is 4. The summed E-state index contributed by atoms with van der Waals surface area (Å²) in [6.45, 7) is 7.54. The van der Waals surface area contributed by atoms with Crippen molar-refractivity contribution in [2.45, 2.75) is 40.0 Å². The number of rotatable bonds is 7. The number of pyridine rings is 2. The highest BCUT2D eigenvalue weighted by Gasteiger charge is 2.23. The second kappa shape index (κ2) is 8.13. The molecule has 0 aliphatic rings. The standard InChI is InChI=1S/C21H26N4O/c1-4-6-18-20(25-15-16(3)7-8-19(25)23-18)21(26)24(5-2)14-11-17-9-12-22-13-10-17/h7-10,12-13,15H,4-6,11,14H2,1-3H3. The molecular formula is C21H26N4O. The van der Waals surface area contributed by atoms with E-state index in [-0.39, 0.29) is 5.91 Å². The van der Waals surface area contributed by atoms with Gasteiger partial charge in [-0.1, -0.05) is 19.4 Å². The zero-order valence-corrected chi connectivity index (χ0v) is 15.8. The second-order valence-electron chi connectivity index (χ2n) is 6.58. The average molecular weight is 350 g/mol. The van der Waals surface area contributed by atoms with Crippen molar-refractivity contribution in [2.75, 3.05) is 13.1 Å². The van der Waals surface area contributed by atoms with Gasteiger partial charge in [0.2, 0.25) is 0 Å². The summed E-state index contributed by atoms with van der Waals surface area (Å²) in [5.41, 5.74) is 4.75. The predicted octanol–water partition coefficient (Wildman–Crippen LogP) is 3.70. The van der Waals surface area contributed by atoms with E-state index in [1.807, 2.05) is 53.6 Å². The van der Waals surface area contributed by atoms with E-state index in [0.717, 1.165) is 36.2 Å². The highest BCUT2D eigenvalue weighted by atomic mass is 16.2. The zero-order valence-electron chi connectivity index (χ0n) is 15.8. The van der Waals surface area contributed by atoms with Gasteiger partial charge in [-0.15, -0.1) is 0 Å². The Labute approximate surface area is 154 Å². The quantitative estimate of drug-likeness (QED) is 0.653. The van der Waals surface area contributed by atoms with Gasteiger partial charge >= 0.3 is 0 Å². The SMILES string of the molecule is CCCc1nc2ccc(C)cn2c1C(=O)N(CC)CCc1ccncc1. The van der Waals surface area contributed by atoms with E-state index in [1.165, 1.54) is 5.56 Å². The molecular weight excluding hydrogens is 324 g/mol. The molecule has 5 nitrogen and oxygen atoms in total. The summed E-state index contributed by atoms with van der Waals surface area (Å²) in [7, 11) is 0. The van der Waals surface area contributed by atoms with Gasteiger partial charge in [-0.2, -0.15) is 0 Å². The number of amides is 1. The fourth-order valence-corrected chi connectivity index (χ4v) is 3.20. The van der Waals surface area contributed by atoms with Crippen molar-refractivity contribution >= 4 is 11.6 Å². The van der Waals surface area contributed by atoms with Gasteiger partial charge in [0.1, 0.15) is 11.3 Å². The van der Waals surface area contributed by atoms with Crippen molar-refractivity contribution < 1.29 is 4.79 Å². The summed E-state index contributed by atoms with van der Waals surface area (Å²) >= 11 is 0. The number of carbonyl (C=O) groups excluding carboxylic acids is 1. The van der Waals surface area contributed by atoms with Crippen LogP contribution in [0, 0.1) is 6.92 Å². The number of hydrogen-bond acceptors (Lipinski definition) is 3. The number of fused-ring (bicyclic) bond motifs is 1. The monoisotopic (exact) mass is 350 g/mol. The number of aryl methyl sites for hydroxylation is 2. The van der Waals surface area contributed by atoms with Crippen LogP contribution in [-0.2, 0) is 12.8 Å². The summed E-state index contributed by atoms with van der Waals surface area (Å²) in [4.78, 5) is 24.0. The van der Waals surface area contributed by atoms with Crippen molar-refractivity contribution in [3.63, 3.8) is 0 Å². The highest BCUT2D eigenvalue weighted by molar-refractivity contribution is 5.94. The molecule has 0 fully saturated rings. The number of carbonyl (C=O) groups is 1. The molecule has 0 atom stereocenters. The maximum Gasteiger partial charge on any atom is 0.272 e. The highest BCUT2D eigenvalue weighted by Crippen LogP contribution is 2.18. The maximum atomic E-state index is 13.3. The van der Waals surface area contributed by atoms with Gasteiger partial charge in [-0.05, 0) is 56.0 Å². The van der Waals surface area contributed by atoms with E-state index < -0.39 is 0 Å². The zero-order chi connectivity index (χ0) is 18.5. The molecule has 3 heterocycles. The molecule has 0 radical (unpaired) electrons. The van der Waals surface area contributed by atoms with Crippen LogP contribution in [0.3, 0.4) is 0 Å². The van der Waals surface area contributed by atoms with Gasteiger partial charge in [0.25, 0.3) is 5.91 Å². The smallest absolute Gasteiger partial charge is 0.272 e. The Hall–Kier alpha value is -2.69. The van der Waals surface area contributed by atoms with Gasteiger partial charge in [-0.25, -0.2) is 4.98 Å². The van der Waals surface area contributed by atoms with E-state index in [0.29, 0.717) is 18.8 Å². The molecule has 0 saturated heterocycles. The summed E-state index contributed by atoms with van der Waals surface area (Å²) in [6, 6.07) is 8.02. The number of aromatic nitrogens is 3. The van der Waals surface area contributed by atoms with Crippen LogP contribution >= 0.6 is 0 Å². The van der Waals surface area contributed by atoms with E-state index in [1.54, 1.807) is 12.4 Å². The summed E-state index contributed by atoms with van der Waals surface area (Å²) in [5, 5.41) is 0. The lowest BCUT2D eigenvalue weighted by Crippen LogP contribution is -2.34. The molecule has 0 bridgehead atoms. The topological polar surface area (TPSA) is 50.5 Å². The van der Waals surface area contributed by atoms with Crippen molar-refractivity contribution in [2.24, 2.45) is 0 Å². The maximum absolute atomic E-state index is 13.3. The van der Waals surface area contributed by atoms with Crippen LogP contribution in [0.25, 0.3) is 5.65 Å². The van der Waals surface area contributed by atoms with Gasteiger partial charge in [0.05, 0.1) is 5.69 Å². The Bertz CT molecular complexity index is 886. The van der Waals surface area contributed by atoms with Crippen LogP contribution in [0.2, 0.25) is 0 Å². The number of likely N-dealkylation sites (N-methyl/N-ethyl adjacent to an activating group) is 1. The van der Waals surface area contributed by atoms with Crippen LogP contribution in [-0.4, -0.2) is 38.3 Å². The van der Waals surface area contributed by atoms with Crippen LogP contribution in [0.1, 0.15) is 47.6 Å². The van der Waals surface area contributed by atoms with Crippen molar-refractivity contribution in [1.82, 2.24) is 19.3 Å². The Morgan fingerprint density at radius 3 is 2.58 bits per heavy atom. The van der Waals surface area contributed by atoms with Crippen LogP contribution in [0.4, 0.5) is 0 Å². The molecule has 0 N–H and O–H groups in total. The Kier molecular flexibility index (Phi) is 5.66. The van der Waals surface area contributed by atoms with Crippen LogP contribution in [0.15, 0.2) is 42.9 Å². The molecule has 3 rings (SSSR count). The first-order valence-electron chi connectivity index (χ1n) is 9.29. The molecule has 0 aliphatic heterocycles. The first-order chi connectivity index (χ1) is 12.6. The van der Waals surface area contributed by atoms with Gasteiger partial charge in [0, 0.05) is 31.7 Å². The van der Waals surface area contributed by atoms with E-state index in [9.17, 15) is 4.79 Å². The van der Waals surface area contributed by atoms with Gasteiger partial charge in [-0.3, -0.25) is 14.2 Å². The van der Waals surface area contributed by atoms with Crippen molar-refractivity contribution in [3.8, 4) is 0 Å². The van der Waals surface area contributed by atoms with Crippen molar-refractivity contribution in [3.05, 3.63) is 65.4 Å². The van der Waals surface area contributed by atoms with E-state index >= 15 is 0 Å². The third-order valence-electron chi connectivity index (χ3n) is 4.62. The van der Waals surface area contributed by atoms with Gasteiger partial charge in [0.15, 0.2) is 0 Å². The minimum atomic E-state index is 0.0584. The van der Waals surface area contributed by atoms with Crippen molar-refractivity contribution in [1.29, 1.82) is 0 Å². The third-order valence-corrected chi connectivity index (χ3v) is 4.62. The molecule has 26 heavy (non-hydrogen) atoms. The fourth-order valence-electron chi connectivity index (χ4n) is 3.20. The lowest BCUT2D eigenvalue weighted by molar-refractivity contribution is 0.0758. The number of hydrogen-bond donors (Lipinski definition) is 0. The van der Waals surface area contributed by atoms with Gasteiger partial charge < -0.3 is 4.90 Å². The minimum Gasteiger partial charge on any atom is -0.337 e. The average Bonchev–Trinajstić information content (AvgIpc) is 3.00. The van der Waals surface area contributed by atoms with E-state index in [2.05, 4.69) is 11.9 Å². The summed E-state index contributed by atoms with van der Waals surface area (Å²) in [6.07, 6.45) is 8.18. The summed E-state index contributed by atoms with van der Waals surface area (Å²) < 4.78 is 1.96. The molecule has 3 aromatic heterocycles. The molecule has 0 saturated carbocycles. The fraction of sp³-hybridized carbons (Fsp3) is 0.381. The first-order valence-corrected chi connectivity index (χ1v) is 9.29. The molecule has 0 unspecified atom stereocenters. The molecule has 0 aromatic carbocycles. The first kappa shape index (κ1) is 18.1. The van der Waals surface area contributed by atoms with Crippen LogP contribution < -0.4 is 0 Å². The lowest BCUT2D eigenvalue weighted by atomic mass is 10.1. The Morgan fingerprint density at radius 1 is 1.12 bits per heavy atom. The Morgan fingerprint density at radius 2 is 1.88 bits per heavy atom. The molecule has 136 valence electrons. The second-order valence-corrected chi connectivity index (χ2v) is 6.58. The van der Waals surface area contributed by atoms with E-state index in [4.69, 9.17) is 4.98 Å². The van der Waals surface area contributed by atoms with Crippen LogP contribution in [0.5, 0.6) is 0 Å². The number of imidazole rings is 1. The normalized spacial score (nSPS) is 11.0. The predicted molar refractivity (Wildman–Crippen MR) is 103 cm³/mol. The molecule has 1 amide bonds. The Balaban J connectivity index is 1.91. The molecule has 3 aromatic rings. The third kappa shape index (κ3) is 3.77. The lowest BCUT2D eigenvalue weighted by Gasteiger charge is -2.21. The molecule has 0 aliphatic carbocycles. The minimum absolute atomic E-state index is 0.0584.